The van der Waals surface area contributed by atoms with E-state index in [0.29, 0.717) is 32.8 Å². The molecule has 2 heterocycles. The van der Waals surface area contributed by atoms with Crippen molar-refractivity contribution >= 4 is 88.9 Å². The van der Waals surface area contributed by atoms with Crippen molar-refractivity contribution in [2.24, 2.45) is 10.1 Å². The second-order valence-electron chi connectivity index (χ2n) is 7.50. The van der Waals surface area contributed by atoms with E-state index in [9.17, 15) is 18.0 Å². The molecule has 5 rings (SSSR count). The lowest BCUT2D eigenvalue weighted by Crippen LogP contribution is -2.29. The van der Waals surface area contributed by atoms with Crippen molar-refractivity contribution in [3.63, 3.8) is 0 Å². The molecule has 1 saturated heterocycles. The zero-order chi connectivity index (χ0) is 24.9. The fourth-order valence-electron chi connectivity index (χ4n) is 3.60. The predicted molar refractivity (Wildman–Crippen MR) is 141 cm³/mol. The summed E-state index contributed by atoms with van der Waals surface area (Å²) in [4.78, 5) is 32.6. The topological polar surface area (TPSA) is 122 Å². The normalized spacial score (nSPS) is 18.8. The number of aliphatic imine (C=N–C) groups is 1. The summed E-state index contributed by atoms with van der Waals surface area (Å²) >= 11 is 10.5. The molecule has 0 aliphatic carbocycles. The van der Waals surface area contributed by atoms with Gasteiger partial charge in [0.05, 0.1) is 26.7 Å². The Morgan fingerprint density at radius 1 is 1.00 bits per heavy atom. The van der Waals surface area contributed by atoms with Gasteiger partial charge in [0.2, 0.25) is 10.0 Å². The molecule has 2 amide bonds. The summed E-state index contributed by atoms with van der Waals surface area (Å²) in [5.41, 5.74) is 2.38. The van der Waals surface area contributed by atoms with E-state index >= 15 is 0 Å². The number of halogens is 2. The Hall–Kier alpha value is -2.96. The smallest absolute Gasteiger partial charge is 0.272 e. The van der Waals surface area contributed by atoms with Crippen LogP contribution in [0.5, 0.6) is 0 Å². The van der Waals surface area contributed by atoms with Crippen molar-refractivity contribution < 1.29 is 18.0 Å². The Morgan fingerprint density at radius 2 is 1.69 bits per heavy atom. The summed E-state index contributed by atoms with van der Waals surface area (Å²) in [7, 11) is -3.86. The van der Waals surface area contributed by atoms with Gasteiger partial charge in [0.1, 0.15) is 0 Å². The van der Waals surface area contributed by atoms with E-state index in [1.807, 2.05) is 0 Å². The molecule has 0 atom stereocenters. The minimum Gasteiger partial charge on any atom is -0.321 e. The quantitative estimate of drug-likeness (QED) is 0.422. The number of carbonyl (C=O) groups is 2. The van der Waals surface area contributed by atoms with Gasteiger partial charge in [0.15, 0.2) is 5.17 Å². The van der Waals surface area contributed by atoms with Crippen LogP contribution in [0, 0.1) is 0 Å². The van der Waals surface area contributed by atoms with Crippen molar-refractivity contribution in [1.29, 1.82) is 0 Å². The highest BCUT2D eigenvalue weighted by molar-refractivity contribution is 9.10. The van der Waals surface area contributed by atoms with Crippen LogP contribution in [-0.2, 0) is 19.6 Å². The molecule has 0 radical (unpaired) electrons. The monoisotopic (exact) mass is 588 g/mol. The molecule has 176 valence electrons. The van der Waals surface area contributed by atoms with E-state index in [-0.39, 0.29) is 21.3 Å². The van der Waals surface area contributed by atoms with Gasteiger partial charge in [0, 0.05) is 20.7 Å². The van der Waals surface area contributed by atoms with Gasteiger partial charge < -0.3 is 5.32 Å². The van der Waals surface area contributed by atoms with E-state index in [2.05, 4.69) is 26.2 Å². The Balaban J connectivity index is 1.65. The van der Waals surface area contributed by atoms with Crippen LogP contribution in [0.15, 0.2) is 86.0 Å². The number of amidine groups is 1. The Labute approximate surface area is 218 Å². The number of benzene rings is 3. The maximum absolute atomic E-state index is 13.7. The molecule has 12 heteroatoms. The standard InChI is InChI=1S/C23H14BrClN4O4S2/c24-12-1-10-18-17(11-12)19(21(30)28-18)20-22(31)29(15-6-2-13(25)3-7-15)23(34-20)27-14-4-8-16(9-5-14)35(26,32)33/h1-11H,(H,28,30)(H2,26,32,33)/b20-19-,27-23-. The molecule has 3 aromatic rings. The molecular formula is C23H14BrClN4O4S2. The number of thioether (sulfide) groups is 1. The van der Waals surface area contributed by atoms with Gasteiger partial charge in [-0.1, -0.05) is 27.5 Å². The zero-order valence-electron chi connectivity index (χ0n) is 17.5. The van der Waals surface area contributed by atoms with Crippen LogP contribution in [0.1, 0.15) is 5.56 Å². The van der Waals surface area contributed by atoms with E-state index < -0.39 is 15.9 Å². The molecule has 2 aliphatic heterocycles. The van der Waals surface area contributed by atoms with Gasteiger partial charge in [-0.3, -0.25) is 14.5 Å². The summed E-state index contributed by atoms with van der Waals surface area (Å²) in [5, 5.41) is 8.75. The number of carbonyl (C=O) groups excluding carboxylic acids is 2. The number of anilines is 2. The number of sulfonamides is 1. The third-order valence-electron chi connectivity index (χ3n) is 5.21. The third kappa shape index (κ3) is 4.53. The molecule has 35 heavy (non-hydrogen) atoms. The highest BCUT2D eigenvalue weighted by atomic mass is 79.9. The Bertz CT molecular complexity index is 1570. The Kier molecular flexibility index (Phi) is 6.06. The molecular weight excluding hydrogens is 576 g/mol. The van der Waals surface area contributed by atoms with Gasteiger partial charge >= 0.3 is 0 Å². The number of fused-ring (bicyclic) bond motifs is 1. The number of nitrogens with one attached hydrogen (secondary N) is 1. The minimum atomic E-state index is -3.86. The van der Waals surface area contributed by atoms with Crippen LogP contribution in [0.25, 0.3) is 5.57 Å². The first kappa shape index (κ1) is 23.8. The molecule has 0 spiro atoms. The molecule has 0 unspecified atom stereocenters. The summed E-state index contributed by atoms with van der Waals surface area (Å²) in [6, 6.07) is 17.6. The lowest BCUT2D eigenvalue weighted by Gasteiger charge is -2.15. The molecule has 8 nitrogen and oxygen atoms in total. The van der Waals surface area contributed by atoms with Crippen molar-refractivity contribution in [2.75, 3.05) is 10.2 Å². The van der Waals surface area contributed by atoms with Gasteiger partial charge in [-0.05, 0) is 78.5 Å². The molecule has 0 saturated carbocycles. The van der Waals surface area contributed by atoms with Crippen LogP contribution in [0.3, 0.4) is 0 Å². The van der Waals surface area contributed by atoms with Crippen molar-refractivity contribution in [2.45, 2.75) is 4.90 Å². The van der Waals surface area contributed by atoms with Crippen LogP contribution < -0.4 is 15.4 Å². The number of nitrogens with two attached hydrogens (primary N) is 1. The van der Waals surface area contributed by atoms with E-state index in [1.54, 1.807) is 42.5 Å². The van der Waals surface area contributed by atoms with Gasteiger partial charge in [0.25, 0.3) is 11.8 Å². The van der Waals surface area contributed by atoms with Crippen LogP contribution >= 0.6 is 39.3 Å². The summed E-state index contributed by atoms with van der Waals surface area (Å²) in [6.07, 6.45) is 0. The van der Waals surface area contributed by atoms with Crippen LogP contribution in [0.2, 0.25) is 5.02 Å². The number of amides is 2. The van der Waals surface area contributed by atoms with E-state index in [1.165, 1.54) is 29.2 Å². The molecule has 2 aliphatic rings. The average molecular weight is 590 g/mol. The fourth-order valence-corrected chi connectivity index (χ4v) is 5.70. The second-order valence-corrected chi connectivity index (χ2v) is 11.4. The van der Waals surface area contributed by atoms with Crippen molar-refractivity contribution in [1.82, 2.24) is 0 Å². The summed E-state index contributed by atoms with van der Waals surface area (Å²) < 4.78 is 23.9. The predicted octanol–water partition coefficient (Wildman–Crippen LogP) is 4.88. The maximum Gasteiger partial charge on any atom is 0.272 e. The second kappa shape index (κ2) is 8.92. The molecule has 0 aromatic heterocycles. The van der Waals surface area contributed by atoms with Gasteiger partial charge in [-0.2, -0.15) is 0 Å². The Morgan fingerprint density at radius 3 is 2.34 bits per heavy atom. The number of hydrogen-bond donors (Lipinski definition) is 2. The van der Waals surface area contributed by atoms with E-state index in [4.69, 9.17) is 16.7 Å². The molecule has 3 N–H and O–H groups in total. The molecule has 1 fully saturated rings. The lowest BCUT2D eigenvalue weighted by molar-refractivity contribution is -0.114. The summed E-state index contributed by atoms with van der Waals surface area (Å²) in [5.74, 6) is -0.807. The first-order chi connectivity index (χ1) is 16.6. The summed E-state index contributed by atoms with van der Waals surface area (Å²) in [6.45, 7) is 0. The van der Waals surface area contributed by atoms with Crippen LogP contribution in [0.4, 0.5) is 17.1 Å². The van der Waals surface area contributed by atoms with Gasteiger partial charge in [-0.25, -0.2) is 18.5 Å². The highest BCUT2D eigenvalue weighted by Crippen LogP contribution is 2.44. The number of primary sulfonamides is 1. The lowest BCUT2D eigenvalue weighted by atomic mass is 10.1. The average Bonchev–Trinajstić information content (AvgIpc) is 3.29. The number of rotatable bonds is 3. The van der Waals surface area contributed by atoms with Gasteiger partial charge in [-0.15, -0.1) is 0 Å². The van der Waals surface area contributed by atoms with E-state index in [0.717, 1.165) is 16.2 Å². The first-order valence-electron chi connectivity index (χ1n) is 9.97. The highest BCUT2D eigenvalue weighted by Gasteiger charge is 2.41. The van der Waals surface area contributed by atoms with Crippen molar-refractivity contribution in [3.8, 4) is 0 Å². The maximum atomic E-state index is 13.7. The van der Waals surface area contributed by atoms with Crippen molar-refractivity contribution in [3.05, 3.63) is 86.7 Å². The number of nitrogens with zero attached hydrogens (tertiary/aromatic N) is 2. The van der Waals surface area contributed by atoms with Crippen LogP contribution in [-0.4, -0.2) is 25.4 Å². The molecule has 3 aromatic carbocycles. The third-order valence-corrected chi connectivity index (χ3v) is 7.92. The molecule has 0 bridgehead atoms. The SMILES string of the molecule is NS(=O)(=O)c1ccc(/N=C2\S/C(=C3\C(=O)Nc4ccc(Br)cc43)C(=O)N2c2ccc(Cl)cc2)cc1. The largest absolute Gasteiger partial charge is 0.321 e. The zero-order valence-corrected chi connectivity index (χ0v) is 21.5. The minimum absolute atomic E-state index is 0.0567. The fraction of sp³-hybridized carbons (Fsp3) is 0. The first-order valence-corrected chi connectivity index (χ1v) is 13.5. The number of hydrogen-bond acceptors (Lipinski definition) is 6.